The molecule has 0 aromatic carbocycles. The Hall–Kier alpha value is -1.53. The Kier molecular flexibility index (Phi) is 4.17. The van der Waals surface area contributed by atoms with E-state index in [4.69, 9.17) is 9.47 Å². The lowest BCUT2D eigenvalue weighted by Crippen LogP contribution is -2.58. The molecule has 3 heterocycles. The average molecular weight is 291 g/mol. The SMILES string of the molecule is COCC12CCCOC1CCN(C(=O)c1cnccn1)C2. The molecule has 0 bridgehead atoms. The molecular formula is C15H21N3O3. The number of rotatable bonds is 3. The second kappa shape index (κ2) is 6.07. The van der Waals surface area contributed by atoms with E-state index in [1.54, 1.807) is 19.5 Å². The van der Waals surface area contributed by atoms with Crippen LogP contribution in [0.15, 0.2) is 18.6 Å². The highest BCUT2D eigenvalue weighted by molar-refractivity contribution is 5.92. The molecule has 2 aliphatic rings. The van der Waals surface area contributed by atoms with Crippen LogP contribution in [0.1, 0.15) is 29.8 Å². The molecule has 2 unspecified atom stereocenters. The van der Waals surface area contributed by atoms with Crippen molar-refractivity contribution in [2.75, 3.05) is 33.4 Å². The summed E-state index contributed by atoms with van der Waals surface area (Å²) in [5.74, 6) is -0.0531. The van der Waals surface area contributed by atoms with Crippen molar-refractivity contribution in [1.29, 1.82) is 0 Å². The minimum atomic E-state index is -0.0802. The summed E-state index contributed by atoms with van der Waals surface area (Å²) in [6.45, 7) is 2.81. The quantitative estimate of drug-likeness (QED) is 0.835. The third-order valence-corrected chi connectivity index (χ3v) is 4.49. The Labute approximate surface area is 124 Å². The van der Waals surface area contributed by atoms with E-state index < -0.39 is 0 Å². The molecule has 1 aromatic heterocycles. The van der Waals surface area contributed by atoms with E-state index in [0.717, 1.165) is 25.9 Å². The molecule has 21 heavy (non-hydrogen) atoms. The van der Waals surface area contributed by atoms with Gasteiger partial charge in [0.1, 0.15) is 5.69 Å². The van der Waals surface area contributed by atoms with E-state index in [0.29, 0.717) is 25.4 Å². The smallest absolute Gasteiger partial charge is 0.274 e. The monoisotopic (exact) mass is 291 g/mol. The fourth-order valence-corrected chi connectivity index (χ4v) is 3.53. The van der Waals surface area contributed by atoms with Gasteiger partial charge in [0.05, 0.1) is 18.9 Å². The largest absolute Gasteiger partial charge is 0.384 e. The zero-order valence-electron chi connectivity index (χ0n) is 12.3. The zero-order valence-corrected chi connectivity index (χ0v) is 12.3. The summed E-state index contributed by atoms with van der Waals surface area (Å²) in [6, 6.07) is 0. The predicted molar refractivity (Wildman–Crippen MR) is 75.8 cm³/mol. The average Bonchev–Trinajstić information content (AvgIpc) is 2.54. The second-order valence-electron chi connectivity index (χ2n) is 5.86. The van der Waals surface area contributed by atoms with E-state index >= 15 is 0 Å². The molecule has 2 atom stereocenters. The summed E-state index contributed by atoms with van der Waals surface area (Å²) in [5, 5.41) is 0. The zero-order chi connectivity index (χ0) is 14.7. The summed E-state index contributed by atoms with van der Waals surface area (Å²) in [4.78, 5) is 22.5. The Balaban J connectivity index is 1.78. The van der Waals surface area contributed by atoms with Crippen molar-refractivity contribution in [1.82, 2.24) is 14.9 Å². The van der Waals surface area contributed by atoms with E-state index in [1.165, 1.54) is 6.20 Å². The van der Waals surface area contributed by atoms with Crippen molar-refractivity contribution in [3.63, 3.8) is 0 Å². The molecule has 114 valence electrons. The van der Waals surface area contributed by atoms with Gasteiger partial charge < -0.3 is 14.4 Å². The molecule has 0 spiro atoms. The summed E-state index contributed by atoms with van der Waals surface area (Å²) in [6.07, 6.45) is 7.75. The van der Waals surface area contributed by atoms with Gasteiger partial charge in [-0.3, -0.25) is 9.78 Å². The molecule has 0 radical (unpaired) electrons. The molecule has 6 nitrogen and oxygen atoms in total. The predicted octanol–water partition coefficient (Wildman–Crippen LogP) is 1.13. The Morgan fingerprint density at radius 2 is 2.48 bits per heavy atom. The molecule has 6 heteroatoms. The van der Waals surface area contributed by atoms with Crippen LogP contribution in [0.4, 0.5) is 0 Å². The maximum atomic E-state index is 12.6. The van der Waals surface area contributed by atoms with Gasteiger partial charge in [-0.15, -0.1) is 0 Å². The third-order valence-electron chi connectivity index (χ3n) is 4.49. The molecule has 3 rings (SSSR count). The van der Waals surface area contributed by atoms with Gasteiger partial charge >= 0.3 is 0 Å². The van der Waals surface area contributed by atoms with Crippen molar-refractivity contribution in [2.45, 2.75) is 25.4 Å². The maximum Gasteiger partial charge on any atom is 0.274 e. The van der Waals surface area contributed by atoms with E-state index in [9.17, 15) is 4.79 Å². The van der Waals surface area contributed by atoms with Gasteiger partial charge in [-0.1, -0.05) is 0 Å². The minimum absolute atomic E-state index is 0.0531. The lowest BCUT2D eigenvalue weighted by atomic mass is 9.73. The molecule has 2 fully saturated rings. The van der Waals surface area contributed by atoms with Crippen molar-refractivity contribution < 1.29 is 14.3 Å². The Morgan fingerprint density at radius 3 is 3.24 bits per heavy atom. The summed E-state index contributed by atoms with van der Waals surface area (Å²) in [7, 11) is 1.71. The molecule has 2 saturated heterocycles. The maximum absolute atomic E-state index is 12.6. The number of carbonyl (C=O) groups excluding carboxylic acids is 1. The van der Waals surface area contributed by atoms with Crippen LogP contribution in [0.2, 0.25) is 0 Å². The van der Waals surface area contributed by atoms with Crippen LogP contribution in [0, 0.1) is 5.41 Å². The number of hydrogen-bond donors (Lipinski definition) is 0. The highest BCUT2D eigenvalue weighted by atomic mass is 16.5. The molecule has 1 amide bonds. The lowest BCUT2D eigenvalue weighted by molar-refractivity contribution is -0.142. The fourth-order valence-electron chi connectivity index (χ4n) is 3.53. The second-order valence-corrected chi connectivity index (χ2v) is 5.86. The van der Waals surface area contributed by atoms with Gasteiger partial charge in [0.25, 0.3) is 5.91 Å². The molecule has 0 saturated carbocycles. The highest BCUT2D eigenvalue weighted by Gasteiger charge is 2.47. The van der Waals surface area contributed by atoms with Crippen molar-refractivity contribution in [3.8, 4) is 0 Å². The standard InChI is InChI=1S/C15H21N3O3/c1-20-11-15-4-2-8-21-13(15)3-7-18(10-15)14(19)12-9-16-5-6-17-12/h5-6,9,13H,2-4,7-8,10-11H2,1H3. The lowest BCUT2D eigenvalue weighted by Gasteiger charge is -2.50. The number of aromatic nitrogens is 2. The first-order chi connectivity index (χ1) is 10.2. The van der Waals surface area contributed by atoms with Crippen LogP contribution in [0.3, 0.4) is 0 Å². The van der Waals surface area contributed by atoms with Gasteiger partial charge in [0, 0.05) is 44.6 Å². The topological polar surface area (TPSA) is 64.6 Å². The number of nitrogens with zero attached hydrogens (tertiary/aromatic N) is 3. The molecule has 0 aliphatic carbocycles. The van der Waals surface area contributed by atoms with Gasteiger partial charge in [0.2, 0.25) is 0 Å². The van der Waals surface area contributed by atoms with Crippen molar-refractivity contribution >= 4 is 5.91 Å². The van der Waals surface area contributed by atoms with E-state index in [2.05, 4.69) is 9.97 Å². The number of likely N-dealkylation sites (tertiary alicyclic amines) is 1. The van der Waals surface area contributed by atoms with E-state index in [1.807, 2.05) is 4.90 Å². The molecule has 1 aromatic rings. The third kappa shape index (κ3) is 2.78. The Bertz CT molecular complexity index is 492. The van der Waals surface area contributed by atoms with E-state index in [-0.39, 0.29) is 17.4 Å². The van der Waals surface area contributed by atoms with Crippen LogP contribution in [-0.2, 0) is 9.47 Å². The number of fused-ring (bicyclic) bond motifs is 1. The van der Waals surface area contributed by atoms with Crippen molar-refractivity contribution in [2.24, 2.45) is 5.41 Å². The van der Waals surface area contributed by atoms with Crippen LogP contribution in [0.25, 0.3) is 0 Å². The van der Waals surface area contributed by atoms with Crippen molar-refractivity contribution in [3.05, 3.63) is 24.3 Å². The van der Waals surface area contributed by atoms with Crippen LogP contribution < -0.4 is 0 Å². The number of hydrogen-bond acceptors (Lipinski definition) is 5. The highest BCUT2D eigenvalue weighted by Crippen LogP contribution is 2.40. The summed E-state index contributed by atoms with van der Waals surface area (Å²) < 4.78 is 11.4. The van der Waals surface area contributed by atoms with Crippen LogP contribution in [-0.4, -0.2) is 60.3 Å². The first kappa shape index (κ1) is 14.4. The number of amides is 1. The number of ether oxygens (including phenoxy) is 2. The minimum Gasteiger partial charge on any atom is -0.384 e. The number of methoxy groups -OCH3 is 1. The van der Waals surface area contributed by atoms with Gasteiger partial charge in [-0.05, 0) is 19.3 Å². The normalized spacial score (nSPS) is 29.0. The number of piperidine rings is 1. The van der Waals surface area contributed by atoms with Gasteiger partial charge in [-0.2, -0.15) is 0 Å². The summed E-state index contributed by atoms with van der Waals surface area (Å²) >= 11 is 0. The fraction of sp³-hybridized carbons (Fsp3) is 0.667. The van der Waals surface area contributed by atoms with Crippen LogP contribution in [0.5, 0.6) is 0 Å². The first-order valence-electron chi connectivity index (χ1n) is 7.41. The first-order valence-corrected chi connectivity index (χ1v) is 7.41. The molecule has 0 N–H and O–H groups in total. The molecule has 2 aliphatic heterocycles. The Morgan fingerprint density at radius 1 is 1.57 bits per heavy atom. The van der Waals surface area contributed by atoms with Gasteiger partial charge in [-0.25, -0.2) is 4.98 Å². The summed E-state index contributed by atoms with van der Waals surface area (Å²) in [5.41, 5.74) is 0.323. The van der Waals surface area contributed by atoms with Gasteiger partial charge in [0.15, 0.2) is 0 Å². The van der Waals surface area contributed by atoms with Crippen LogP contribution >= 0.6 is 0 Å². The molecular weight excluding hydrogens is 270 g/mol. The number of carbonyl (C=O) groups is 1.